The van der Waals surface area contributed by atoms with Gasteiger partial charge in [-0.2, -0.15) is 0 Å². The molecule has 18 heavy (non-hydrogen) atoms. The minimum atomic E-state index is -0.0987. The molecule has 2 aromatic rings. The Kier molecular flexibility index (Phi) is 4.25. The smallest absolute Gasteiger partial charge is 0.127 e. The minimum Gasteiger partial charge on any atom is -0.380 e. The van der Waals surface area contributed by atoms with Crippen LogP contribution in [0.15, 0.2) is 18.2 Å². The van der Waals surface area contributed by atoms with Crippen molar-refractivity contribution in [3.05, 3.63) is 29.6 Å². The van der Waals surface area contributed by atoms with E-state index < -0.39 is 0 Å². The molecule has 0 saturated heterocycles. The average molecular weight is 267 g/mol. The molecule has 1 heterocycles. The molecule has 1 atom stereocenters. The van der Waals surface area contributed by atoms with Crippen molar-refractivity contribution in [3.8, 4) is 0 Å². The first kappa shape index (κ1) is 13.4. The summed E-state index contributed by atoms with van der Waals surface area (Å²) in [5, 5.41) is -0.0987. The highest BCUT2D eigenvalue weighted by Gasteiger charge is 2.15. The number of nitrogens with zero attached hydrogens (tertiary/aromatic N) is 2. The van der Waals surface area contributed by atoms with E-state index >= 15 is 0 Å². The number of alkyl halides is 1. The molecule has 0 N–H and O–H groups in total. The Hall–Kier alpha value is -1.06. The van der Waals surface area contributed by atoms with Crippen molar-refractivity contribution < 1.29 is 4.74 Å². The number of hydrogen-bond donors (Lipinski definition) is 0. The van der Waals surface area contributed by atoms with Crippen LogP contribution in [-0.4, -0.2) is 22.8 Å². The second kappa shape index (κ2) is 5.72. The van der Waals surface area contributed by atoms with Gasteiger partial charge in [0.2, 0.25) is 0 Å². The SMILES string of the molecule is CCOCCn1c(C(C)Cl)nc2cccc(C)c21. The second-order valence-corrected chi connectivity index (χ2v) is 5.03. The molecule has 98 valence electrons. The number of aryl methyl sites for hydroxylation is 1. The summed E-state index contributed by atoms with van der Waals surface area (Å²) < 4.78 is 7.62. The molecule has 3 nitrogen and oxygen atoms in total. The lowest BCUT2D eigenvalue weighted by Gasteiger charge is -2.11. The molecule has 0 aliphatic carbocycles. The summed E-state index contributed by atoms with van der Waals surface area (Å²) >= 11 is 6.22. The van der Waals surface area contributed by atoms with Gasteiger partial charge in [-0.3, -0.25) is 0 Å². The van der Waals surface area contributed by atoms with Crippen molar-refractivity contribution in [2.75, 3.05) is 13.2 Å². The number of imidazole rings is 1. The zero-order valence-corrected chi connectivity index (χ0v) is 11.9. The zero-order chi connectivity index (χ0) is 13.1. The van der Waals surface area contributed by atoms with Crippen LogP contribution in [0, 0.1) is 6.92 Å². The number of ether oxygens (including phenoxy) is 1. The highest BCUT2D eigenvalue weighted by atomic mass is 35.5. The van der Waals surface area contributed by atoms with Crippen molar-refractivity contribution in [3.63, 3.8) is 0 Å². The fraction of sp³-hybridized carbons (Fsp3) is 0.500. The summed E-state index contributed by atoms with van der Waals surface area (Å²) in [6.45, 7) is 8.27. The maximum Gasteiger partial charge on any atom is 0.127 e. The van der Waals surface area contributed by atoms with Crippen LogP contribution >= 0.6 is 11.6 Å². The molecule has 0 aliphatic rings. The Balaban J connectivity index is 2.47. The van der Waals surface area contributed by atoms with Crippen LogP contribution in [0.4, 0.5) is 0 Å². The van der Waals surface area contributed by atoms with Gasteiger partial charge in [-0.25, -0.2) is 4.98 Å². The molecular weight excluding hydrogens is 248 g/mol. The molecule has 2 rings (SSSR count). The van der Waals surface area contributed by atoms with Gasteiger partial charge in [0.05, 0.1) is 23.0 Å². The van der Waals surface area contributed by atoms with Crippen LogP contribution in [0.3, 0.4) is 0 Å². The summed E-state index contributed by atoms with van der Waals surface area (Å²) in [7, 11) is 0. The van der Waals surface area contributed by atoms with E-state index in [1.54, 1.807) is 0 Å². The number of aromatic nitrogens is 2. The topological polar surface area (TPSA) is 27.1 Å². The number of hydrogen-bond acceptors (Lipinski definition) is 2. The average Bonchev–Trinajstić information content (AvgIpc) is 2.70. The first-order chi connectivity index (χ1) is 8.65. The Morgan fingerprint density at radius 2 is 2.22 bits per heavy atom. The van der Waals surface area contributed by atoms with Crippen molar-refractivity contribution in [1.82, 2.24) is 9.55 Å². The number of para-hydroxylation sites is 1. The van der Waals surface area contributed by atoms with Crippen molar-refractivity contribution >= 4 is 22.6 Å². The standard InChI is InChI=1S/C14H19ClN2O/c1-4-18-9-8-17-13-10(2)6-5-7-12(13)16-14(17)11(3)15/h5-7,11H,4,8-9H2,1-3H3. The van der Waals surface area contributed by atoms with Gasteiger partial charge in [0.15, 0.2) is 0 Å². The van der Waals surface area contributed by atoms with Crippen molar-refractivity contribution in [1.29, 1.82) is 0 Å². The van der Waals surface area contributed by atoms with Crippen molar-refractivity contribution in [2.45, 2.75) is 32.7 Å². The van der Waals surface area contributed by atoms with E-state index in [9.17, 15) is 0 Å². The van der Waals surface area contributed by atoms with E-state index in [0.717, 1.165) is 24.5 Å². The van der Waals surface area contributed by atoms with Gasteiger partial charge in [0, 0.05) is 13.2 Å². The molecule has 1 unspecified atom stereocenters. The lowest BCUT2D eigenvalue weighted by atomic mass is 10.2. The quantitative estimate of drug-likeness (QED) is 0.610. The molecule has 0 fully saturated rings. The van der Waals surface area contributed by atoms with E-state index in [1.165, 1.54) is 11.1 Å². The van der Waals surface area contributed by atoms with Gasteiger partial charge in [0.25, 0.3) is 0 Å². The first-order valence-corrected chi connectivity index (χ1v) is 6.76. The number of fused-ring (bicyclic) bond motifs is 1. The number of rotatable bonds is 5. The van der Waals surface area contributed by atoms with Gasteiger partial charge >= 0.3 is 0 Å². The lowest BCUT2D eigenvalue weighted by Crippen LogP contribution is -2.10. The molecule has 0 saturated carbocycles. The van der Waals surface area contributed by atoms with Gasteiger partial charge in [-0.15, -0.1) is 11.6 Å². The summed E-state index contributed by atoms with van der Waals surface area (Å²) in [5.74, 6) is 0.917. The zero-order valence-electron chi connectivity index (χ0n) is 11.1. The lowest BCUT2D eigenvalue weighted by molar-refractivity contribution is 0.139. The third-order valence-corrected chi connectivity index (χ3v) is 3.21. The summed E-state index contributed by atoms with van der Waals surface area (Å²) in [4.78, 5) is 4.63. The molecular formula is C14H19ClN2O. The molecule has 0 spiro atoms. The van der Waals surface area contributed by atoms with Crippen LogP contribution in [0.5, 0.6) is 0 Å². The number of halogens is 1. The van der Waals surface area contributed by atoms with Gasteiger partial charge < -0.3 is 9.30 Å². The van der Waals surface area contributed by atoms with E-state index in [-0.39, 0.29) is 5.38 Å². The van der Waals surface area contributed by atoms with Crippen LogP contribution in [-0.2, 0) is 11.3 Å². The van der Waals surface area contributed by atoms with Crippen LogP contribution in [0.1, 0.15) is 30.6 Å². The van der Waals surface area contributed by atoms with Gasteiger partial charge in [-0.1, -0.05) is 12.1 Å². The van der Waals surface area contributed by atoms with Gasteiger partial charge in [-0.05, 0) is 32.4 Å². The Bertz CT molecular complexity index is 534. The highest BCUT2D eigenvalue weighted by Crippen LogP contribution is 2.26. The van der Waals surface area contributed by atoms with E-state index in [4.69, 9.17) is 16.3 Å². The molecule has 4 heteroatoms. The largest absolute Gasteiger partial charge is 0.380 e. The Morgan fingerprint density at radius 1 is 1.44 bits per heavy atom. The van der Waals surface area contributed by atoms with Crippen LogP contribution in [0.25, 0.3) is 11.0 Å². The summed E-state index contributed by atoms with van der Waals surface area (Å²) in [5.41, 5.74) is 3.40. The second-order valence-electron chi connectivity index (χ2n) is 4.38. The molecule has 1 aromatic carbocycles. The third kappa shape index (κ3) is 2.52. The Labute approximate surface area is 113 Å². The molecule has 0 bridgehead atoms. The normalized spacial score (nSPS) is 13.1. The van der Waals surface area contributed by atoms with E-state index in [1.807, 2.05) is 26.0 Å². The predicted molar refractivity (Wildman–Crippen MR) is 75.2 cm³/mol. The Morgan fingerprint density at radius 3 is 2.89 bits per heavy atom. The first-order valence-electron chi connectivity index (χ1n) is 6.32. The maximum atomic E-state index is 6.22. The fourth-order valence-electron chi connectivity index (χ4n) is 2.21. The van der Waals surface area contributed by atoms with Crippen LogP contribution in [0.2, 0.25) is 0 Å². The van der Waals surface area contributed by atoms with E-state index in [2.05, 4.69) is 22.5 Å². The molecule has 0 radical (unpaired) electrons. The third-order valence-electron chi connectivity index (χ3n) is 3.02. The fourth-order valence-corrected chi connectivity index (χ4v) is 2.38. The molecule has 0 aliphatic heterocycles. The van der Waals surface area contributed by atoms with Crippen molar-refractivity contribution in [2.24, 2.45) is 0 Å². The van der Waals surface area contributed by atoms with E-state index in [0.29, 0.717) is 6.61 Å². The molecule has 1 aromatic heterocycles. The van der Waals surface area contributed by atoms with Gasteiger partial charge in [0.1, 0.15) is 5.82 Å². The monoisotopic (exact) mass is 266 g/mol. The van der Waals surface area contributed by atoms with Crippen LogP contribution < -0.4 is 0 Å². The highest BCUT2D eigenvalue weighted by molar-refractivity contribution is 6.20. The maximum absolute atomic E-state index is 6.22. The minimum absolute atomic E-state index is 0.0987. The number of benzene rings is 1. The summed E-state index contributed by atoms with van der Waals surface area (Å²) in [6.07, 6.45) is 0. The predicted octanol–water partition coefficient (Wildman–Crippen LogP) is 3.68. The summed E-state index contributed by atoms with van der Waals surface area (Å²) in [6, 6.07) is 6.16. The molecule has 0 amide bonds.